The summed E-state index contributed by atoms with van der Waals surface area (Å²) in [5.74, 6) is -1.44. The van der Waals surface area contributed by atoms with Crippen LogP contribution in [0.25, 0.3) is 0 Å². The van der Waals surface area contributed by atoms with Crippen molar-refractivity contribution in [2.45, 2.75) is 6.42 Å². The molecular weight excluding hydrogens is 230 g/mol. The van der Waals surface area contributed by atoms with Gasteiger partial charge in [-0.3, -0.25) is 4.79 Å². The summed E-state index contributed by atoms with van der Waals surface area (Å²) in [6, 6.07) is 6.61. The first kappa shape index (κ1) is 11.0. The van der Waals surface area contributed by atoms with Crippen LogP contribution >= 0.6 is 11.3 Å². The first-order valence-corrected chi connectivity index (χ1v) is 5.55. The van der Waals surface area contributed by atoms with Crippen molar-refractivity contribution in [3.05, 3.63) is 57.8 Å². The van der Waals surface area contributed by atoms with Gasteiger partial charge in [-0.2, -0.15) is 0 Å². The molecule has 0 unspecified atom stereocenters. The Labute approximate surface area is 95.4 Å². The monoisotopic (exact) mass is 238 g/mol. The van der Waals surface area contributed by atoms with Crippen molar-refractivity contribution < 1.29 is 13.6 Å². The van der Waals surface area contributed by atoms with Crippen LogP contribution in [0.5, 0.6) is 0 Å². The fourth-order valence-electron chi connectivity index (χ4n) is 1.42. The van der Waals surface area contributed by atoms with Crippen LogP contribution in [0, 0.1) is 11.6 Å². The molecule has 0 aliphatic carbocycles. The van der Waals surface area contributed by atoms with Gasteiger partial charge in [-0.25, -0.2) is 8.78 Å². The number of halogens is 2. The summed E-state index contributed by atoms with van der Waals surface area (Å²) >= 11 is 1.32. The van der Waals surface area contributed by atoms with Gasteiger partial charge >= 0.3 is 0 Å². The molecular formula is C12H8F2OS. The maximum absolute atomic E-state index is 12.9. The predicted molar refractivity (Wildman–Crippen MR) is 58.7 cm³/mol. The van der Waals surface area contributed by atoms with E-state index in [4.69, 9.17) is 0 Å². The van der Waals surface area contributed by atoms with E-state index in [1.54, 1.807) is 17.5 Å². The molecule has 0 aliphatic heterocycles. The molecule has 0 saturated heterocycles. The van der Waals surface area contributed by atoms with Crippen molar-refractivity contribution in [2.75, 3.05) is 0 Å². The van der Waals surface area contributed by atoms with Gasteiger partial charge in [0.2, 0.25) is 0 Å². The largest absolute Gasteiger partial charge is 0.293 e. The van der Waals surface area contributed by atoms with E-state index in [0.717, 1.165) is 6.07 Å². The summed E-state index contributed by atoms with van der Waals surface area (Å²) < 4.78 is 25.7. The van der Waals surface area contributed by atoms with Gasteiger partial charge in [0.15, 0.2) is 5.78 Å². The van der Waals surface area contributed by atoms with Crippen molar-refractivity contribution in [1.29, 1.82) is 0 Å². The lowest BCUT2D eigenvalue weighted by Crippen LogP contribution is -2.02. The van der Waals surface area contributed by atoms with Crippen LogP contribution in [-0.4, -0.2) is 5.78 Å². The molecule has 1 aromatic carbocycles. The van der Waals surface area contributed by atoms with Crippen LogP contribution in [0.2, 0.25) is 0 Å². The minimum Gasteiger partial charge on any atom is -0.293 e. The Morgan fingerprint density at radius 3 is 2.44 bits per heavy atom. The molecule has 16 heavy (non-hydrogen) atoms. The average molecular weight is 238 g/mol. The van der Waals surface area contributed by atoms with Gasteiger partial charge in [-0.05, 0) is 29.1 Å². The molecule has 1 nitrogen and oxygen atoms in total. The number of carbonyl (C=O) groups excluding carboxylic acids is 1. The van der Waals surface area contributed by atoms with E-state index in [0.29, 0.717) is 10.4 Å². The Kier molecular flexibility index (Phi) is 3.10. The minimum atomic E-state index is -0.658. The van der Waals surface area contributed by atoms with E-state index >= 15 is 0 Å². The van der Waals surface area contributed by atoms with Crippen LogP contribution in [0.4, 0.5) is 8.78 Å². The number of rotatable bonds is 3. The van der Waals surface area contributed by atoms with Gasteiger partial charge in [-0.15, -0.1) is 11.3 Å². The van der Waals surface area contributed by atoms with E-state index in [-0.39, 0.29) is 12.2 Å². The summed E-state index contributed by atoms with van der Waals surface area (Å²) in [7, 11) is 0. The summed E-state index contributed by atoms with van der Waals surface area (Å²) in [4.78, 5) is 12.3. The number of Topliss-reactive ketones (excluding diaryl/α,β-unsaturated/α-hetero) is 1. The summed E-state index contributed by atoms with van der Waals surface area (Å²) in [6.45, 7) is 0. The highest BCUT2D eigenvalue weighted by molar-refractivity contribution is 7.12. The van der Waals surface area contributed by atoms with Crippen LogP contribution in [-0.2, 0) is 6.42 Å². The Bertz CT molecular complexity index is 485. The van der Waals surface area contributed by atoms with E-state index < -0.39 is 11.6 Å². The van der Waals surface area contributed by atoms with Crippen LogP contribution in [0.1, 0.15) is 15.2 Å². The van der Waals surface area contributed by atoms with Crippen LogP contribution in [0.3, 0.4) is 0 Å². The molecule has 1 heterocycles. The highest BCUT2D eigenvalue weighted by Gasteiger charge is 2.09. The van der Waals surface area contributed by atoms with E-state index in [9.17, 15) is 13.6 Å². The van der Waals surface area contributed by atoms with Crippen molar-refractivity contribution in [1.82, 2.24) is 0 Å². The molecule has 82 valence electrons. The van der Waals surface area contributed by atoms with Gasteiger partial charge in [0.1, 0.15) is 11.6 Å². The normalized spacial score (nSPS) is 10.4. The Morgan fingerprint density at radius 1 is 1.19 bits per heavy atom. The lowest BCUT2D eigenvalue weighted by molar-refractivity contribution is 0.0997. The topological polar surface area (TPSA) is 17.1 Å². The SMILES string of the molecule is O=C(Cc1cc(F)cc(F)c1)c1cccs1. The van der Waals surface area contributed by atoms with Gasteiger partial charge < -0.3 is 0 Å². The number of thiophene rings is 1. The number of benzene rings is 1. The van der Waals surface area contributed by atoms with Crippen molar-refractivity contribution >= 4 is 17.1 Å². The quantitative estimate of drug-likeness (QED) is 0.748. The maximum atomic E-state index is 12.9. The molecule has 0 N–H and O–H groups in total. The molecule has 0 radical (unpaired) electrons. The molecule has 2 rings (SSSR count). The van der Waals surface area contributed by atoms with Gasteiger partial charge in [-0.1, -0.05) is 6.07 Å². The van der Waals surface area contributed by atoms with Gasteiger partial charge in [0.25, 0.3) is 0 Å². The van der Waals surface area contributed by atoms with E-state index in [1.165, 1.54) is 23.5 Å². The highest BCUT2D eigenvalue weighted by atomic mass is 32.1. The predicted octanol–water partition coefficient (Wildman–Crippen LogP) is 3.45. The minimum absolute atomic E-state index is 0.0230. The fraction of sp³-hybridized carbons (Fsp3) is 0.0833. The van der Waals surface area contributed by atoms with E-state index in [1.807, 2.05) is 0 Å². The third-order valence-electron chi connectivity index (χ3n) is 2.08. The molecule has 4 heteroatoms. The number of hydrogen-bond donors (Lipinski definition) is 0. The Hall–Kier alpha value is -1.55. The second-order valence-electron chi connectivity index (χ2n) is 3.35. The molecule has 0 aliphatic rings. The van der Waals surface area contributed by atoms with Crippen molar-refractivity contribution in [2.24, 2.45) is 0 Å². The Morgan fingerprint density at radius 2 is 1.88 bits per heavy atom. The molecule has 0 amide bonds. The summed E-state index contributed by atoms with van der Waals surface area (Å²) in [5, 5.41) is 1.79. The first-order valence-electron chi connectivity index (χ1n) is 4.67. The first-order chi connectivity index (χ1) is 7.65. The molecule has 0 spiro atoms. The molecule has 0 saturated carbocycles. The zero-order chi connectivity index (χ0) is 11.5. The van der Waals surface area contributed by atoms with Gasteiger partial charge in [0, 0.05) is 12.5 Å². The maximum Gasteiger partial charge on any atom is 0.177 e. The highest BCUT2D eigenvalue weighted by Crippen LogP contribution is 2.14. The van der Waals surface area contributed by atoms with Crippen molar-refractivity contribution in [3.8, 4) is 0 Å². The smallest absolute Gasteiger partial charge is 0.177 e. The zero-order valence-corrected chi connectivity index (χ0v) is 9.06. The molecule has 0 bridgehead atoms. The lowest BCUT2D eigenvalue weighted by atomic mass is 10.1. The third-order valence-corrected chi connectivity index (χ3v) is 2.99. The third kappa shape index (κ3) is 2.52. The fourth-order valence-corrected chi connectivity index (χ4v) is 2.09. The van der Waals surface area contributed by atoms with E-state index in [2.05, 4.69) is 0 Å². The molecule has 0 fully saturated rings. The number of ketones is 1. The lowest BCUT2D eigenvalue weighted by Gasteiger charge is -2.00. The average Bonchev–Trinajstić information content (AvgIpc) is 2.68. The Balaban J connectivity index is 2.18. The van der Waals surface area contributed by atoms with Gasteiger partial charge in [0.05, 0.1) is 4.88 Å². The van der Waals surface area contributed by atoms with Crippen LogP contribution in [0.15, 0.2) is 35.7 Å². The van der Waals surface area contributed by atoms with Crippen molar-refractivity contribution in [3.63, 3.8) is 0 Å². The molecule has 0 atom stereocenters. The standard InChI is InChI=1S/C12H8F2OS/c13-9-4-8(5-10(14)7-9)6-11(15)12-2-1-3-16-12/h1-5,7H,6H2. The number of hydrogen-bond acceptors (Lipinski definition) is 2. The second-order valence-corrected chi connectivity index (χ2v) is 4.30. The summed E-state index contributed by atoms with van der Waals surface area (Å²) in [6.07, 6.45) is 0.0230. The summed E-state index contributed by atoms with van der Waals surface area (Å²) in [5.41, 5.74) is 0.357. The molecule has 2 aromatic rings. The molecule has 1 aromatic heterocycles. The van der Waals surface area contributed by atoms with Crippen LogP contribution < -0.4 is 0 Å². The second kappa shape index (κ2) is 4.53. The zero-order valence-electron chi connectivity index (χ0n) is 8.24. The number of carbonyl (C=O) groups is 1.